The van der Waals surface area contributed by atoms with E-state index in [2.05, 4.69) is 39.4 Å². The molecular weight excluding hydrogens is 316 g/mol. The van der Waals surface area contributed by atoms with Gasteiger partial charge in [-0.1, -0.05) is 6.08 Å². The summed E-state index contributed by atoms with van der Waals surface area (Å²) in [5.41, 5.74) is 3.44. The SMILES string of the molecule is COc1cc2c(cc1Nc1ncc3c(n1)=CC(=O)CC=3)CN(C)CC2. The summed E-state index contributed by atoms with van der Waals surface area (Å²) in [5.74, 6) is 1.29. The predicted octanol–water partition coefficient (Wildman–Crippen LogP) is 0.750. The molecule has 0 fully saturated rings. The molecule has 1 aliphatic carbocycles. The van der Waals surface area contributed by atoms with Crippen LogP contribution < -0.4 is 20.6 Å². The molecule has 2 heterocycles. The van der Waals surface area contributed by atoms with Gasteiger partial charge in [0.25, 0.3) is 0 Å². The molecule has 0 unspecified atom stereocenters. The molecule has 2 aromatic rings. The molecule has 1 aliphatic heterocycles. The lowest BCUT2D eigenvalue weighted by Crippen LogP contribution is -2.33. The number of nitrogens with one attached hydrogen (secondary N) is 1. The van der Waals surface area contributed by atoms with Gasteiger partial charge in [0.1, 0.15) is 5.75 Å². The summed E-state index contributed by atoms with van der Waals surface area (Å²) >= 11 is 0. The van der Waals surface area contributed by atoms with Gasteiger partial charge >= 0.3 is 0 Å². The van der Waals surface area contributed by atoms with Crippen molar-refractivity contribution >= 4 is 29.6 Å². The quantitative estimate of drug-likeness (QED) is 0.892. The highest BCUT2D eigenvalue weighted by Gasteiger charge is 2.17. The van der Waals surface area contributed by atoms with E-state index in [0.717, 1.165) is 36.2 Å². The number of nitrogens with zero attached hydrogens (tertiary/aromatic N) is 3. The molecule has 0 bridgehead atoms. The van der Waals surface area contributed by atoms with Gasteiger partial charge in [-0.3, -0.25) is 4.79 Å². The molecule has 0 radical (unpaired) electrons. The Balaban J connectivity index is 1.71. The molecule has 1 aromatic heterocycles. The van der Waals surface area contributed by atoms with E-state index in [-0.39, 0.29) is 5.78 Å². The van der Waals surface area contributed by atoms with E-state index in [9.17, 15) is 4.79 Å². The molecule has 0 spiro atoms. The Morgan fingerprint density at radius 1 is 1.28 bits per heavy atom. The Labute approximate surface area is 145 Å². The van der Waals surface area contributed by atoms with E-state index >= 15 is 0 Å². The lowest BCUT2D eigenvalue weighted by molar-refractivity contribution is -0.112. The normalized spacial score (nSPS) is 16.3. The summed E-state index contributed by atoms with van der Waals surface area (Å²) in [5, 5.41) is 4.79. The first-order valence-corrected chi connectivity index (χ1v) is 8.35. The molecule has 1 N–H and O–H groups in total. The lowest BCUT2D eigenvalue weighted by atomic mass is 9.99. The summed E-state index contributed by atoms with van der Waals surface area (Å²) in [4.78, 5) is 22.7. The Kier molecular flexibility index (Phi) is 3.97. The Hall–Kier alpha value is -2.73. The van der Waals surface area contributed by atoms with Crippen LogP contribution in [0.2, 0.25) is 0 Å². The molecule has 6 nitrogen and oxygen atoms in total. The first-order chi connectivity index (χ1) is 12.1. The number of benzene rings is 1. The third-order valence-corrected chi connectivity index (χ3v) is 4.64. The molecule has 128 valence electrons. The van der Waals surface area contributed by atoms with Crippen molar-refractivity contribution in [1.29, 1.82) is 0 Å². The number of ether oxygens (including phenoxy) is 1. The second kappa shape index (κ2) is 6.29. The Morgan fingerprint density at radius 3 is 3.00 bits per heavy atom. The van der Waals surface area contributed by atoms with Crippen LogP contribution in [0.25, 0.3) is 12.2 Å². The highest BCUT2D eigenvalue weighted by atomic mass is 16.5. The van der Waals surface area contributed by atoms with Gasteiger partial charge in [-0.2, -0.15) is 0 Å². The van der Waals surface area contributed by atoms with Crippen molar-refractivity contribution in [2.45, 2.75) is 19.4 Å². The van der Waals surface area contributed by atoms with Crippen LogP contribution in [0.3, 0.4) is 0 Å². The van der Waals surface area contributed by atoms with Crippen LogP contribution in [0, 0.1) is 0 Å². The average molecular weight is 336 g/mol. The van der Waals surface area contributed by atoms with Gasteiger partial charge in [0, 0.05) is 37.0 Å². The molecule has 0 saturated carbocycles. The molecule has 2 aliphatic rings. The Bertz CT molecular complexity index is 968. The standard InChI is InChI=1S/C19H20N4O2/c1-23-6-5-12-8-18(25-2)17(7-14(12)11-23)22-19-20-10-13-3-4-15(24)9-16(13)21-19/h3,7-10H,4-6,11H2,1-2H3,(H,21,22). The molecule has 25 heavy (non-hydrogen) atoms. The largest absolute Gasteiger partial charge is 0.495 e. The second-order valence-corrected chi connectivity index (χ2v) is 6.49. The number of rotatable bonds is 3. The molecule has 6 heteroatoms. The van der Waals surface area contributed by atoms with E-state index in [1.807, 2.05) is 6.08 Å². The van der Waals surface area contributed by atoms with Crippen LogP contribution in [0.5, 0.6) is 5.75 Å². The van der Waals surface area contributed by atoms with Crippen LogP contribution in [-0.2, 0) is 17.8 Å². The molecule has 0 atom stereocenters. The summed E-state index contributed by atoms with van der Waals surface area (Å²) < 4.78 is 5.54. The molecule has 0 saturated heterocycles. The predicted molar refractivity (Wildman–Crippen MR) is 96.2 cm³/mol. The van der Waals surface area contributed by atoms with Gasteiger partial charge in [-0.15, -0.1) is 0 Å². The van der Waals surface area contributed by atoms with Crippen molar-refractivity contribution < 1.29 is 9.53 Å². The summed E-state index contributed by atoms with van der Waals surface area (Å²) in [6.07, 6.45) is 6.60. The minimum atomic E-state index is 0.0616. The van der Waals surface area contributed by atoms with Crippen molar-refractivity contribution in [1.82, 2.24) is 14.9 Å². The zero-order valence-corrected chi connectivity index (χ0v) is 14.4. The second-order valence-electron chi connectivity index (χ2n) is 6.49. The number of anilines is 2. The maximum atomic E-state index is 11.6. The topological polar surface area (TPSA) is 67.3 Å². The zero-order valence-electron chi connectivity index (χ0n) is 14.4. The number of carbonyl (C=O) groups is 1. The van der Waals surface area contributed by atoms with E-state index < -0.39 is 0 Å². The number of carbonyl (C=O) groups excluding carboxylic acids is 1. The van der Waals surface area contributed by atoms with Crippen LogP contribution in [0.15, 0.2) is 18.3 Å². The molecule has 4 rings (SSSR count). The first-order valence-electron chi connectivity index (χ1n) is 8.35. The van der Waals surface area contributed by atoms with Gasteiger partial charge in [0.05, 0.1) is 18.1 Å². The van der Waals surface area contributed by atoms with E-state index in [1.54, 1.807) is 19.4 Å². The van der Waals surface area contributed by atoms with Crippen LogP contribution in [0.1, 0.15) is 17.5 Å². The van der Waals surface area contributed by atoms with Crippen molar-refractivity contribution in [3.8, 4) is 5.75 Å². The number of likely N-dealkylation sites (N-methyl/N-ethyl adjacent to an activating group) is 1. The fourth-order valence-corrected chi connectivity index (χ4v) is 3.27. The number of methoxy groups -OCH3 is 1. The number of hydrogen-bond donors (Lipinski definition) is 1. The zero-order chi connectivity index (χ0) is 17.4. The van der Waals surface area contributed by atoms with Crippen LogP contribution in [-0.4, -0.2) is 41.4 Å². The van der Waals surface area contributed by atoms with Crippen molar-refractivity contribution in [2.75, 3.05) is 26.0 Å². The van der Waals surface area contributed by atoms with Gasteiger partial charge in [-0.25, -0.2) is 9.97 Å². The summed E-state index contributed by atoms with van der Waals surface area (Å²) in [6.45, 7) is 1.97. The number of fused-ring (bicyclic) bond motifs is 2. The van der Waals surface area contributed by atoms with Crippen molar-refractivity contribution in [3.05, 3.63) is 40.0 Å². The van der Waals surface area contributed by atoms with Gasteiger partial charge in [-0.05, 0) is 36.7 Å². The third kappa shape index (κ3) is 3.13. The van der Waals surface area contributed by atoms with E-state index in [4.69, 9.17) is 4.74 Å². The minimum absolute atomic E-state index is 0.0616. The van der Waals surface area contributed by atoms with Crippen LogP contribution in [0.4, 0.5) is 11.6 Å². The van der Waals surface area contributed by atoms with Crippen molar-refractivity contribution in [3.63, 3.8) is 0 Å². The smallest absolute Gasteiger partial charge is 0.227 e. The summed E-state index contributed by atoms with van der Waals surface area (Å²) in [7, 11) is 3.78. The van der Waals surface area contributed by atoms with Crippen LogP contribution >= 0.6 is 0 Å². The monoisotopic (exact) mass is 336 g/mol. The Morgan fingerprint density at radius 2 is 2.16 bits per heavy atom. The average Bonchev–Trinajstić information content (AvgIpc) is 2.60. The maximum Gasteiger partial charge on any atom is 0.227 e. The fourth-order valence-electron chi connectivity index (χ4n) is 3.27. The highest BCUT2D eigenvalue weighted by molar-refractivity contribution is 6.08. The van der Waals surface area contributed by atoms with E-state index in [0.29, 0.717) is 17.7 Å². The molecular formula is C19H20N4O2. The number of hydrogen-bond acceptors (Lipinski definition) is 6. The van der Waals surface area contributed by atoms with Crippen molar-refractivity contribution in [2.24, 2.45) is 0 Å². The fraction of sp³-hybridized carbons (Fsp3) is 0.316. The first kappa shape index (κ1) is 15.8. The molecule has 0 amide bonds. The van der Waals surface area contributed by atoms with Gasteiger partial charge in [0.2, 0.25) is 5.95 Å². The molecule has 1 aromatic carbocycles. The van der Waals surface area contributed by atoms with Gasteiger partial charge in [0.15, 0.2) is 5.78 Å². The van der Waals surface area contributed by atoms with E-state index in [1.165, 1.54) is 11.1 Å². The highest BCUT2D eigenvalue weighted by Crippen LogP contribution is 2.32. The van der Waals surface area contributed by atoms with Gasteiger partial charge < -0.3 is 15.0 Å². The lowest BCUT2D eigenvalue weighted by Gasteiger charge is -2.26. The summed E-state index contributed by atoms with van der Waals surface area (Å²) in [6, 6.07) is 4.19. The third-order valence-electron chi connectivity index (χ3n) is 4.64. The number of Topliss-reactive ketones (excluding diaryl/α,β-unsaturated/α-hetero) is 1. The minimum Gasteiger partial charge on any atom is -0.495 e. The maximum absolute atomic E-state index is 11.6. The number of ketones is 1. The number of aromatic nitrogens is 2.